The molecule has 1 amide bonds. The topological polar surface area (TPSA) is 61.5 Å². The van der Waals surface area contributed by atoms with Gasteiger partial charge in [-0.3, -0.25) is 10.00 Å². The zero-order chi connectivity index (χ0) is 13.9. The van der Waals surface area contributed by atoms with E-state index in [0.29, 0.717) is 13.1 Å². The maximum Gasteiger partial charge on any atom is 0.410 e. The van der Waals surface area contributed by atoms with E-state index < -0.39 is 5.60 Å². The number of rotatable bonds is 2. The van der Waals surface area contributed by atoms with Gasteiger partial charge in [-0.1, -0.05) is 0 Å². The third-order valence-electron chi connectivity index (χ3n) is 2.98. The van der Waals surface area contributed by atoms with Gasteiger partial charge in [0.05, 0.1) is 0 Å². The third-order valence-corrected chi connectivity index (χ3v) is 2.98. The number of aromatic amines is 1. The van der Waals surface area contributed by atoms with Gasteiger partial charge in [-0.05, 0) is 26.8 Å². The van der Waals surface area contributed by atoms with E-state index >= 15 is 0 Å². The number of H-pyrrole nitrogens is 1. The molecule has 1 fully saturated rings. The van der Waals surface area contributed by atoms with Gasteiger partial charge in [0.15, 0.2) is 0 Å². The minimum absolute atomic E-state index is 0.214. The minimum atomic E-state index is -0.426. The lowest BCUT2D eigenvalue weighted by Crippen LogP contribution is -2.49. The quantitative estimate of drug-likeness (QED) is 0.880. The Labute approximate surface area is 113 Å². The summed E-state index contributed by atoms with van der Waals surface area (Å²) < 4.78 is 5.37. The molecule has 0 unspecified atom stereocenters. The molecule has 0 aromatic carbocycles. The maximum absolute atomic E-state index is 11.9. The zero-order valence-corrected chi connectivity index (χ0v) is 11.8. The second-order valence-electron chi connectivity index (χ2n) is 5.83. The van der Waals surface area contributed by atoms with Gasteiger partial charge in [0.1, 0.15) is 5.60 Å². The number of nitrogens with one attached hydrogen (secondary N) is 1. The first-order valence-electron chi connectivity index (χ1n) is 6.62. The molecule has 0 radical (unpaired) electrons. The van der Waals surface area contributed by atoms with Crippen molar-refractivity contribution in [3.8, 4) is 0 Å². The number of carbonyl (C=O) groups excluding carboxylic acids is 1. The molecule has 1 aromatic rings. The summed E-state index contributed by atoms with van der Waals surface area (Å²) in [5, 5.41) is 6.89. The van der Waals surface area contributed by atoms with Crippen molar-refractivity contribution in [3.05, 3.63) is 18.0 Å². The van der Waals surface area contributed by atoms with Gasteiger partial charge in [-0.15, -0.1) is 0 Å². The van der Waals surface area contributed by atoms with Crippen molar-refractivity contribution in [2.24, 2.45) is 0 Å². The lowest BCUT2D eigenvalue weighted by atomic mass is 10.2. The van der Waals surface area contributed by atoms with Gasteiger partial charge in [0.2, 0.25) is 0 Å². The number of amides is 1. The number of aromatic nitrogens is 2. The Morgan fingerprint density at radius 2 is 2.05 bits per heavy atom. The van der Waals surface area contributed by atoms with Crippen molar-refractivity contribution in [2.75, 3.05) is 26.2 Å². The summed E-state index contributed by atoms with van der Waals surface area (Å²) in [6, 6.07) is 1.97. The monoisotopic (exact) mass is 266 g/mol. The molecule has 1 aliphatic rings. The average molecular weight is 266 g/mol. The second kappa shape index (κ2) is 5.61. The SMILES string of the molecule is CC(C)(C)OC(=O)N1CCN(Cc2ccn[nH]2)CC1. The molecule has 2 heterocycles. The Morgan fingerprint density at radius 3 is 2.58 bits per heavy atom. The summed E-state index contributed by atoms with van der Waals surface area (Å²) in [5.74, 6) is 0. The summed E-state index contributed by atoms with van der Waals surface area (Å²) in [6.07, 6.45) is 1.54. The van der Waals surface area contributed by atoms with Gasteiger partial charge in [0.25, 0.3) is 0 Å². The van der Waals surface area contributed by atoms with Crippen molar-refractivity contribution in [1.82, 2.24) is 20.0 Å². The molecule has 0 spiro atoms. The highest BCUT2D eigenvalue weighted by Crippen LogP contribution is 2.12. The van der Waals surface area contributed by atoms with Crippen LogP contribution in [0.15, 0.2) is 12.3 Å². The number of carbonyl (C=O) groups is 1. The molecule has 1 saturated heterocycles. The van der Waals surface area contributed by atoms with Crippen LogP contribution < -0.4 is 0 Å². The highest BCUT2D eigenvalue weighted by Gasteiger charge is 2.25. The molecule has 1 N–H and O–H groups in total. The lowest BCUT2D eigenvalue weighted by Gasteiger charge is -2.35. The van der Waals surface area contributed by atoms with Crippen LogP contribution in [0.3, 0.4) is 0 Å². The first kappa shape index (κ1) is 13.9. The molecule has 6 heteroatoms. The number of hydrogen-bond acceptors (Lipinski definition) is 4. The van der Waals surface area contributed by atoms with Crippen LogP contribution in [0.2, 0.25) is 0 Å². The van der Waals surface area contributed by atoms with Crippen molar-refractivity contribution in [3.63, 3.8) is 0 Å². The van der Waals surface area contributed by atoms with E-state index in [4.69, 9.17) is 4.74 Å². The van der Waals surface area contributed by atoms with E-state index in [1.165, 1.54) is 0 Å². The van der Waals surface area contributed by atoms with Gasteiger partial charge in [0, 0.05) is 44.6 Å². The Kier molecular flexibility index (Phi) is 4.09. The maximum atomic E-state index is 11.9. The van der Waals surface area contributed by atoms with Gasteiger partial charge in [-0.2, -0.15) is 5.10 Å². The van der Waals surface area contributed by atoms with Gasteiger partial charge in [-0.25, -0.2) is 4.79 Å². The smallest absolute Gasteiger partial charge is 0.410 e. The van der Waals surface area contributed by atoms with Crippen LogP contribution in [0.25, 0.3) is 0 Å². The normalized spacial score (nSPS) is 17.5. The number of piperazine rings is 1. The molecule has 0 bridgehead atoms. The van der Waals surface area contributed by atoms with E-state index in [9.17, 15) is 4.79 Å². The molecule has 1 aromatic heterocycles. The third kappa shape index (κ3) is 4.24. The highest BCUT2D eigenvalue weighted by atomic mass is 16.6. The predicted molar refractivity (Wildman–Crippen MR) is 71.7 cm³/mol. The molecule has 0 aliphatic carbocycles. The number of hydrogen-bond donors (Lipinski definition) is 1. The molecule has 106 valence electrons. The minimum Gasteiger partial charge on any atom is -0.444 e. The van der Waals surface area contributed by atoms with Crippen LogP contribution in [-0.4, -0.2) is 57.9 Å². The largest absolute Gasteiger partial charge is 0.444 e. The van der Waals surface area contributed by atoms with Crippen molar-refractivity contribution < 1.29 is 9.53 Å². The Bertz CT molecular complexity index is 403. The standard InChI is InChI=1S/C13H22N4O2/c1-13(2,3)19-12(18)17-8-6-16(7-9-17)10-11-4-5-14-15-11/h4-5H,6-10H2,1-3H3,(H,14,15). The fourth-order valence-corrected chi connectivity index (χ4v) is 2.03. The molecule has 0 atom stereocenters. The average Bonchev–Trinajstić information content (AvgIpc) is 2.80. The molecule has 2 rings (SSSR count). The van der Waals surface area contributed by atoms with E-state index in [1.807, 2.05) is 26.8 Å². The Morgan fingerprint density at radius 1 is 1.37 bits per heavy atom. The first-order valence-corrected chi connectivity index (χ1v) is 6.62. The van der Waals surface area contributed by atoms with Gasteiger partial charge < -0.3 is 9.64 Å². The first-order chi connectivity index (χ1) is 8.94. The highest BCUT2D eigenvalue weighted by molar-refractivity contribution is 5.68. The van der Waals surface area contributed by atoms with Crippen LogP contribution in [0.4, 0.5) is 4.79 Å². The fraction of sp³-hybridized carbons (Fsp3) is 0.692. The molecule has 19 heavy (non-hydrogen) atoms. The van der Waals surface area contributed by atoms with Gasteiger partial charge >= 0.3 is 6.09 Å². The number of ether oxygens (including phenoxy) is 1. The molecule has 6 nitrogen and oxygen atoms in total. The van der Waals surface area contributed by atoms with Crippen molar-refractivity contribution in [2.45, 2.75) is 32.9 Å². The Balaban J connectivity index is 1.77. The molecular weight excluding hydrogens is 244 g/mol. The van der Waals surface area contributed by atoms with Crippen LogP contribution >= 0.6 is 0 Å². The fourth-order valence-electron chi connectivity index (χ4n) is 2.03. The molecule has 1 aliphatic heterocycles. The summed E-state index contributed by atoms with van der Waals surface area (Å²) >= 11 is 0. The van der Waals surface area contributed by atoms with Crippen molar-refractivity contribution in [1.29, 1.82) is 0 Å². The van der Waals surface area contributed by atoms with E-state index in [-0.39, 0.29) is 6.09 Å². The van der Waals surface area contributed by atoms with Crippen molar-refractivity contribution >= 4 is 6.09 Å². The molecule has 0 saturated carbocycles. The summed E-state index contributed by atoms with van der Waals surface area (Å²) in [6.45, 7) is 9.66. The summed E-state index contributed by atoms with van der Waals surface area (Å²) in [5.41, 5.74) is 0.676. The van der Waals surface area contributed by atoms with Crippen LogP contribution in [0.1, 0.15) is 26.5 Å². The Hall–Kier alpha value is -1.56. The zero-order valence-electron chi connectivity index (χ0n) is 11.8. The van der Waals surface area contributed by atoms with Crippen LogP contribution in [0.5, 0.6) is 0 Å². The van der Waals surface area contributed by atoms with E-state index in [0.717, 1.165) is 25.3 Å². The van der Waals surface area contributed by atoms with Crippen LogP contribution in [-0.2, 0) is 11.3 Å². The second-order valence-corrected chi connectivity index (χ2v) is 5.83. The van der Waals surface area contributed by atoms with E-state index in [1.54, 1.807) is 11.1 Å². The van der Waals surface area contributed by atoms with E-state index in [2.05, 4.69) is 15.1 Å². The number of nitrogens with zero attached hydrogens (tertiary/aromatic N) is 3. The lowest BCUT2D eigenvalue weighted by molar-refractivity contribution is 0.0138. The van der Waals surface area contributed by atoms with Crippen LogP contribution in [0, 0.1) is 0 Å². The summed E-state index contributed by atoms with van der Waals surface area (Å²) in [7, 11) is 0. The predicted octanol–water partition coefficient (Wildman–Crippen LogP) is 1.46. The summed E-state index contributed by atoms with van der Waals surface area (Å²) in [4.78, 5) is 16.0. The molecular formula is C13H22N4O2.